The fourth-order valence-corrected chi connectivity index (χ4v) is 2.98. The molecule has 21 heavy (non-hydrogen) atoms. The SMILES string of the molecule is COc1cccc(CN(C)S(=O)(=O)c2ccc(=O)[nH]c2)c1. The summed E-state index contributed by atoms with van der Waals surface area (Å²) in [5.74, 6) is 0.669. The highest BCUT2D eigenvalue weighted by Crippen LogP contribution is 2.18. The molecule has 7 heteroatoms. The van der Waals surface area contributed by atoms with Crippen molar-refractivity contribution in [1.82, 2.24) is 9.29 Å². The first kappa shape index (κ1) is 15.3. The zero-order valence-corrected chi connectivity index (χ0v) is 12.6. The average molecular weight is 308 g/mol. The number of rotatable bonds is 5. The minimum atomic E-state index is -3.65. The maximum Gasteiger partial charge on any atom is 0.247 e. The van der Waals surface area contributed by atoms with Crippen molar-refractivity contribution in [3.05, 3.63) is 58.5 Å². The number of hydrogen-bond acceptors (Lipinski definition) is 4. The number of sulfonamides is 1. The van der Waals surface area contributed by atoms with Gasteiger partial charge in [0.1, 0.15) is 5.75 Å². The third kappa shape index (κ3) is 3.50. The van der Waals surface area contributed by atoms with E-state index in [-0.39, 0.29) is 17.0 Å². The molecule has 0 amide bonds. The molecule has 0 unspecified atom stereocenters. The predicted molar refractivity (Wildman–Crippen MR) is 78.7 cm³/mol. The first-order valence-corrected chi connectivity index (χ1v) is 7.65. The van der Waals surface area contributed by atoms with Gasteiger partial charge in [-0.25, -0.2) is 8.42 Å². The topological polar surface area (TPSA) is 79.5 Å². The Balaban J connectivity index is 2.24. The van der Waals surface area contributed by atoms with Crippen molar-refractivity contribution in [3.63, 3.8) is 0 Å². The number of nitrogens with zero attached hydrogens (tertiary/aromatic N) is 1. The van der Waals surface area contributed by atoms with Crippen LogP contribution in [0.2, 0.25) is 0 Å². The molecule has 0 saturated heterocycles. The van der Waals surface area contributed by atoms with E-state index in [0.29, 0.717) is 5.75 Å². The highest BCUT2D eigenvalue weighted by Gasteiger charge is 2.21. The molecule has 0 spiro atoms. The van der Waals surface area contributed by atoms with Crippen molar-refractivity contribution in [2.24, 2.45) is 0 Å². The van der Waals surface area contributed by atoms with Gasteiger partial charge in [0.05, 0.1) is 12.0 Å². The number of hydrogen-bond donors (Lipinski definition) is 1. The second kappa shape index (κ2) is 6.11. The molecule has 1 aromatic heterocycles. The molecule has 112 valence electrons. The smallest absolute Gasteiger partial charge is 0.247 e. The van der Waals surface area contributed by atoms with Crippen LogP contribution in [0.1, 0.15) is 5.56 Å². The van der Waals surface area contributed by atoms with Crippen LogP contribution in [0.15, 0.2) is 52.3 Å². The molecule has 2 aromatic rings. The van der Waals surface area contributed by atoms with Crippen molar-refractivity contribution in [1.29, 1.82) is 0 Å². The van der Waals surface area contributed by atoms with Gasteiger partial charge in [-0.05, 0) is 23.8 Å². The number of ether oxygens (including phenoxy) is 1. The first-order chi connectivity index (χ1) is 9.93. The third-order valence-electron chi connectivity index (χ3n) is 3.00. The summed E-state index contributed by atoms with van der Waals surface area (Å²) in [4.78, 5) is 13.4. The Bertz CT molecular complexity index is 763. The zero-order valence-electron chi connectivity index (χ0n) is 11.7. The lowest BCUT2D eigenvalue weighted by Gasteiger charge is -2.17. The van der Waals surface area contributed by atoms with Crippen LogP contribution in [-0.4, -0.2) is 31.9 Å². The van der Waals surface area contributed by atoms with Gasteiger partial charge in [-0.3, -0.25) is 4.79 Å². The molecular weight excluding hydrogens is 292 g/mol. The second-order valence-electron chi connectivity index (χ2n) is 4.50. The molecule has 0 aliphatic rings. The lowest BCUT2D eigenvalue weighted by Crippen LogP contribution is -2.27. The summed E-state index contributed by atoms with van der Waals surface area (Å²) in [7, 11) is -0.610. The summed E-state index contributed by atoms with van der Waals surface area (Å²) in [6.07, 6.45) is 1.19. The first-order valence-electron chi connectivity index (χ1n) is 6.21. The van der Waals surface area contributed by atoms with Crippen molar-refractivity contribution >= 4 is 10.0 Å². The number of benzene rings is 1. The summed E-state index contributed by atoms with van der Waals surface area (Å²) in [5, 5.41) is 0. The van der Waals surface area contributed by atoms with Crippen molar-refractivity contribution in [2.75, 3.05) is 14.2 Å². The summed E-state index contributed by atoms with van der Waals surface area (Å²) in [6, 6.07) is 9.66. The summed E-state index contributed by atoms with van der Waals surface area (Å²) >= 11 is 0. The fourth-order valence-electron chi connectivity index (χ4n) is 1.85. The maximum atomic E-state index is 12.4. The van der Waals surface area contributed by atoms with Gasteiger partial charge in [0.2, 0.25) is 15.6 Å². The van der Waals surface area contributed by atoms with Crippen molar-refractivity contribution < 1.29 is 13.2 Å². The van der Waals surface area contributed by atoms with Crippen LogP contribution in [0.4, 0.5) is 0 Å². The van der Waals surface area contributed by atoms with E-state index in [0.717, 1.165) is 5.56 Å². The lowest BCUT2D eigenvalue weighted by atomic mass is 10.2. The number of aromatic nitrogens is 1. The molecule has 0 aliphatic heterocycles. The minimum Gasteiger partial charge on any atom is -0.497 e. The van der Waals surface area contributed by atoms with Gasteiger partial charge in [-0.2, -0.15) is 4.31 Å². The molecule has 6 nitrogen and oxygen atoms in total. The van der Waals surface area contributed by atoms with Crippen LogP contribution >= 0.6 is 0 Å². The van der Waals surface area contributed by atoms with Crippen molar-refractivity contribution in [2.45, 2.75) is 11.4 Å². The Morgan fingerprint density at radius 3 is 2.62 bits per heavy atom. The van der Waals surface area contributed by atoms with Gasteiger partial charge < -0.3 is 9.72 Å². The molecule has 0 radical (unpaired) electrons. The van der Waals surface area contributed by atoms with Gasteiger partial charge >= 0.3 is 0 Å². The van der Waals surface area contributed by atoms with Crippen LogP contribution in [0, 0.1) is 0 Å². The number of nitrogens with one attached hydrogen (secondary N) is 1. The van der Waals surface area contributed by atoms with Gasteiger partial charge in [-0.1, -0.05) is 12.1 Å². The number of aromatic amines is 1. The summed E-state index contributed by atoms with van der Waals surface area (Å²) < 4.78 is 31.1. The van der Waals surface area contributed by atoms with E-state index in [1.54, 1.807) is 25.3 Å². The highest BCUT2D eigenvalue weighted by molar-refractivity contribution is 7.89. The number of H-pyrrole nitrogens is 1. The normalized spacial score (nSPS) is 11.6. The molecule has 1 aromatic carbocycles. The molecule has 0 aliphatic carbocycles. The van der Waals surface area contributed by atoms with Crippen LogP contribution in [0.3, 0.4) is 0 Å². The van der Waals surface area contributed by atoms with E-state index in [4.69, 9.17) is 4.74 Å². The van der Waals surface area contributed by atoms with E-state index in [9.17, 15) is 13.2 Å². The predicted octanol–water partition coefficient (Wildman–Crippen LogP) is 1.20. The summed E-state index contributed by atoms with van der Waals surface area (Å²) in [5.41, 5.74) is 0.467. The molecule has 0 atom stereocenters. The van der Waals surface area contributed by atoms with E-state index in [2.05, 4.69) is 4.98 Å². The quantitative estimate of drug-likeness (QED) is 0.900. The van der Waals surface area contributed by atoms with E-state index >= 15 is 0 Å². The Labute approximate surface area is 123 Å². The maximum absolute atomic E-state index is 12.4. The van der Waals surface area contributed by atoms with E-state index < -0.39 is 10.0 Å². The molecule has 0 bridgehead atoms. The number of pyridine rings is 1. The standard InChI is InChI=1S/C14H16N2O4S/c1-16(10-11-4-3-5-12(8-11)20-2)21(18,19)13-6-7-14(17)15-9-13/h3-9H,10H2,1-2H3,(H,15,17). The second-order valence-corrected chi connectivity index (χ2v) is 6.55. The number of methoxy groups -OCH3 is 1. The Kier molecular flexibility index (Phi) is 4.44. The van der Waals surface area contributed by atoms with Crippen LogP contribution in [-0.2, 0) is 16.6 Å². The van der Waals surface area contributed by atoms with Crippen LogP contribution in [0.25, 0.3) is 0 Å². The zero-order chi connectivity index (χ0) is 15.5. The molecular formula is C14H16N2O4S. The molecule has 1 N–H and O–H groups in total. The monoisotopic (exact) mass is 308 g/mol. The van der Waals surface area contributed by atoms with Gasteiger partial charge in [0.25, 0.3) is 0 Å². The average Bonchev–Trinajstić information content (AvgIpc) is 2.48. The fraction of sp³-hybridized carbons (Fsp3) is 0.214. The minimum absolute atomic E-state index is 0.0486. The Morgan fingerprint density at radius 1 is 1.24 bits per heavy atom. The van der Waals surface area contributed by atoms with Gasteiger partial charge in [-0.15, -0.1) is 0 Å². The van der Waals surface area contributed by atoms with E-state index in [1.807, 2.05) is 6.07 Å². The highest BCUT2D eigenvalue weighted by atomic mass is 32.2. The lowest BCUT2D eigenvalue weighted by molar-refractivity contribution is 0.412. The van der Waals surface area contributed by atoms with Gasteiger partial charge in [0, 0.05) is 25.9 Å². The van der Waals surface area contributed by atoms with Crippen LogP contribution < -0.4 is 10.3 Å². The molecule has 2 rings (SSSR count). The Hall–Kier alpha value is -2.12. The largest absolute Gasteiger partial charge is 0.497 e. The van der Waals surface area contributed by atoms with Crippen LogP contribution in [0.5, 0.6) is 5.75 Å². The molecule has 1 heterocycles. The van der Waals surface area contributed by atoms with Gasteiger partial charge in [0.15, 0.2) is 0 Å². The van der Waals surface area contributed by atoms with E-state index in [1.165, 1.54) is 29.7 Å². The Morgan fingerprint density at radius 2 is 2.00 bits per heavy atom. The molecule has 0 fully saturated rings. The molecule has 0 saturated carbocycles. The van der Waals surface area contributed by atoms with Crippen molar-refractivity contribution in [3.8, 4) is 5.75 Å². The third-order valence-corrected chi connectivity index (χ3v) is 4.80. The summed E-state index contributed by atoms with van der Waals surface area (Å²) in [6.45, 7) is 0.207.